The Morgan fingerprint density at radius 1 is 1.64 bits per heavy atom. The number of carbonyl (C=O) groups is 1. The normalized spacial score (nSPS) is 9.93. The Bertz CT molecular complexity index is 346. The topological polar surface area (TPSA) is 64.1 Å². The zero-order valence-electron chi connectivity index (χ0n) is 7.25. The maximum atomic E-state index is 11.1. The van der Waals surface area contributed by atoms with Gasteiger partial charge < -0.3 is 10.1 Å². The predicted octanol–water partition coefficient (Wildman–Crippen LogP) is 1.37. The summed E-state index contributed by atoms with van der Waals surface area (Å²) in [6, 6.07) is 0. The highest BCUT2D eigenvalue weighted by Gasteiger charge is 2.07. The van der Waals surface area contributed by atoms with Crippen molar-refractivity contribution < 1.29 is 9.53 Å². The van der Waals surface area contributed by atoms with Crippen LogP contribution in [0.2, 0.25) is 10.4 Å². The first kappa shape index (κ1) is 11.2. The number of carbonyl (C=O) groups excluding carboxylic acids is 1. The van der Waals surface area contributed by atoms with Crippen molar-refractivity contribution >= 4 is 34.8 Å². The van der Waals surface area contributed by atoms with Gasteiger partial charge in [0.1, 0.15) is 6.61 Å². The summed E-state index contributed by atoms with van der Waals surface area (Å²) in [5, 5.41) is 2.58. The molecule has 5 nitrogen and oxygen atoms in total. The number of anilines is 1. The lowest BCUT2D eigenvalue weighted by molar-refractivity contribution is -0.119. The van der Waals surface area contributed by atoms with Crippen molar-refractivity contribution in [2.24, 2.45) is 0 Å². The molecule has 0 fully saturated rings. The summed E-state index contributed by atoms with van der Waals surface area (Å²) in [7, 11) is 1.42. The molecule has 1 heterocycles. The number of hydrogen-bond donors (Lipinski definition) is 1. The molecule has 0 unspecified atom stereocenters. The minimum absolute atomic E-state index is 0.0275. The van der Waals surface area contributed by atoms with Gasteiger partial charge in [0.25, 0.3) is 0 Å². The maximum Gasteiger partial charge on any atom is 0.250 e. The van der Waals surface area contributed by atoms with Crippen molar-refractivity contribution in [1.82, 2.24) is 9.97 Å². The van der Waals surface area contributed by atoms with E-state index in [9.17, 15) is 4.79 Å². The Kier molecular flexibility index (Phi) is 4.06. The SMILES string of the molecule is COCC(=O)Nc1cnc(Cl)nc1Cl. The third kappa shape index (κ3) is 3.10. The molecule has 0 aliphatic carbocycles. The Morgan fingerprint density at radius 3 is 2.93 bits per heavy atom. The number of nitrogens with one attached hydrogen (secondary N) is 1. The van der Waals surface area contributed by atoms with Crippen LogP contribution in [-0.2, 0) is 9.53 Å². The fourth-order valence-electron chi connectivity index (χ4n) is 0.742. The van der Waals surface area contributed by atoms with E-state index in [0.717, 1.165) is 0 Å². The van der Waals surface area contributed by atoms with Gasteiger partial charge >= 0.3 is 0 Å². The molecular formula is C7H7Cl2N3O2. The predicted molar refractivity (Wildman–Crippen MR) is 52.6 cm³/mol. The monoisotopic (exact) mass is 235 g/mol. The Balaban J connectivity index is 2.72. The van der Waals surface area contributed by atoms with Crippen LogP contribution in [0.25, 0.3) is 0 Å². The van der Waals surface area contributed by atoms with Crippen molar-refractivity contribution in [2.75, 3.05) is 19.0 Å². The number of amides is 1. The molecular weight excluding hydrogens is 229 g/mol. The summed E-state index contributed by atoms with van der Waals surface area (Å²) in [5.41, 5.74) is 0.304. The Labute approximate surface area is 90.4 Å². The van der Waals surface area contributed by atoms with E-state index >= 15 is 0 Å². The first-order valence-electron chi connectivity index (χ1n) is 3.60. The van der Waals surface area contributed by atoms with E-state index < -0.39 is 0 Å². The molecule has 0 bridgehead atoms. The molecule has 0 radical (unpaired) electrons. The molecule has 14 heavy (non-hydrogen) atoms. The average Bonchev–Trinajstić information content (AvgIpc) is 2.10. The third-order valence-corrected chi connectivity index (χ3v) is 1.73. The van der Waals surface area contributed by atoms with Gasteiger partial charge in [-0.3, -0.25) is 4.79 Å². The number of ether oxygens (including phenoxy) is 1. The van der Waals surface area contributed by atoms with Crippen LogP contribution in [0.15, 0.2) is 6.20 Å². The number of methoxy groups -OCH3 is 1. The van der Waals surface area contributed by atoms with E-state index in [1.165, 1.54) is 13.3 Å². The Morgan fingerprint density at radius 2 is 2.36 bits per heavy atom. The highest BCUT2D eigenvalue weighted by atomic mass is 35.5. The van der Waals surface area contributed by atoms with Gasteiger partial charge in [0.05, 0.1) is 11.9 Å². The van der Waals surface area contributed by atoms with Gasteiger partial charge in [0.2, 0.25) is 11.2 Å². The van der Waals surface area contributed by atoms with Gasteiger partial charge in [-0.25, -0.2) is 9.97 Å². The van der Waals surface area contributed by atoms with Gasteiger partial charge in [-0.1, -0.05) is 11.6 Å². The third-order valence-electron chi connectivity index (χ3n) is 1.26. The molecule has 0 saturated carbocycles. The summed E-state index contributed by atoms with van der Waals surface area (Å²) in [5.74, 6) is -0.333. The second-order valence-corrected chi connectivity index (χ2v) is 3.02. The van der Waals surface area contributed by atoms with Crippen LogP contribution in [0, 0.1) is 0 Å². The number of hydrogen-bond acceptors (Lipinski definition) is 4. The van der Waals surface area contributed by atoms with Crippen molar-refractivity contribution in [3.05, 3.63) is 16.6 Å². The molecule has 76 valence electrons. The maximum absolute atomic E-state index is 11.1. The van der Waals surface area contributed by atoms with Gasteiger partial charge in [-0.15, -0.1) is 0 Å². The van der Waals surface area contributed by atoms with Crippen LogP contribution < -0.4 is 5.32 Å². The lowest BCUT2D eigenvalue weighted by Crippen LogP contribution is -2.17. The van der Waals surface area contributed by atoms with Crippen LogP contribution in [0.1, 0.15) is 0 Å². The van der Waals surface area contributed by atoms with Gasteiger partial charge in [0, 0.05) is 7.11 Å². The molecule has 1 rings (SSSR count). The second kappa shape index (κ2) is 5.09. The molecule has 0 aromatic carbocycles. The summed E-state index contributed by atoms with van der Waals surface area (Å²) in [6.45, 7) is -0.0566. The highest BCUT2D eigenvalue weighted by molar-refractivity contribution is 6.34. The summed E-state index contributed by atoms with van der Waals surface area (Å²) >= 11 is 11.2. The fourth-order valence-corrected chi connectivity index (χ4v) is 1.10. The largest absolute Gasteiger partial charge is 0.375 e. The quantitative estimate of drug-likeness (QED) is 0.635. The van der Waals surface area contributed by atoms with Crippen molar-refractivity contribution in [3.8, 4) is 0 Å². The Hall–Kier alpha value is -0.910. The first-order chi connectivity index (χ1) is 6.63. The highest BCUT2D eigenvalue weighted by Crippen LogP contribution is 2.18. The minimum atomic E-state index is -0.333. The summed E-state index contributed by atoms with van der Waals surface area (Å²) in [4.78, 5) is 18.4. The molecule has 1 amide bonds. The molecule has 0 atom stereocenters. The minimum Gasteiger partial charge on any atom is -0.375 e. The number of aromatic nitrogens is 2. The molecule has 0 saturated heterocycles. The number of nitrogens with zero attached hydrogens (tertiary/aromatic N) is 2. The van der Waals surface area contributed by atoms with E-state index in [-0.39, 0.29) is 23.0 Å². The molecule has 0 spiro atoms. The number of rotatable bonds is 3. The molecule has 7 heteroatoms. The molecule has 1 aromatic rings. The molecule has 0 aliphatic heterocycles. The van der Waals surface area contributed by atoms with Crippen molar-refractivity contribution in [2.45, 2.75) is 0 Å². The second-order valence-electron chi connectivity index (χ2n) is 2.32. The van der Waals surface area contributed by atoms with Gasteiger partial charge in [0.15, 0.2) is 5.15 Å². The zero-order chi connectivity index (χ0) is 10.6. The molecule has 1 aromatic heterocycles. The molecule has 1 N–H and O–H groups in total. The van der Waals surface area contributed by atoms with Crippen LogP contribution >= 0.6 is 23.2 Å². The number of halogens is 2. The first-order valence-corrected chi connectivity index (χ1v) is 4.36. The van der Waals surface area contributed by atoms with E-state index in [1.54, 1.807) is 0 Å². The van der Waals surface area contributed by atoms with Gasteiger partial charge in [-0.05, 0) is 11.6 Å². The van der Waals surface area contributed by atoms with Crippen LogP contribution in [0.4, 0.5) is 5.69 Å². The summed E-state index contributed by atoms with van der Waals surface area (Å²) in [6.07, 6.45) is 1.32. The van der Waals surface area contributed by atoms with E-state index in [4.69, 9.17) is 23.2 Å². The van der Waals surface area contributed by atoms with E-state index in [2.05, 4.69) is 20.0 Å². The lowest BCUT2D eigenvalue weighted by Gasteiger charge is -2.04. The van der Waals surface area contributed by atoms with E-state index in [0.29, 0.717) is 5.69 Å². The smallest absolute Gasteiger partial charge is 0.250 e. The van der Waals surface area contributed by atoms with Crippen molar-refractivity contribution in [1.29, 1.82) is 0 Å². The van der Waals surface area contributed by atoms with Gasteiger partial charge in [-0.2, -0.15) is 0 Å². The summed E-state index contributed by atoms with van der Waals surface area (Å²) < 4.78 is 4.62. The average molecular weight is 236 g/mol. The van der Waals surface area contributed by atoms with E-state index in [1.807, 2.05) is 0 Å². The molecule has 0 aliphatic rings. The standard InChI is InChI=1S/C7H7Cl2N3O2/c1-14-3-5(13)11-4-2-10-7(9)12-6(4)8/h2H,3H2,1H3,(H,11,13). The zero-order valence-corrected chi connectivity index (χ0v) is 8.76. The van der Waals surface area contributed by atoms with Crippen LogP contribution in [0.5, 0.6) is 0 Å². The van der Waals surface area contributed by atoms with Crippen LogP contribution in [-0.4, -0.2) is 29.6 Å². The van der Waals surface area contributed by atoms with Crippen molar-refractivity contribution in [3.63, 3.8) is 0 Å². The lowest BCUT2D eigenvalue weighted by atomic mass is 10.5. The fraction of sp³-hybridized carbons (Fsp3) is 0.286. The van der Waals surface area contributed by atoms with Crippen LogP contribution in [0.3, 0.4) is 0 Å².